The van der Waals surface area contributed by atoms with E-state index in [2.05, 4.69) is 5.43 Å². The number of fused-ring (bicyclic) bond motifs is 1. The van der Waals surface area contributed by atoms with Crippen molar-refractivity contribution in [1.82, 2.24) is 10.4 Å². The summed E-state index contributed by atoms with van der Waals surface area (Å²) < 4.78 is 11.4. The van der Waals surface area contributed by atoms with Crippen molar-refractivity contribution >= 4 is 23.4 Å². The largest absolute Gasteiger partial charge is 0.493 e. The van der Waals surface area contributed by atoms with Crippen LogP contribution in [0.25, 0.3) is 0 Å². The molecule has 1 aliphatic heterocycles. The zero-order valence-electron chi connectivity index (χ0n) is 19.1. The maximum Gasteiger partial charge on any atom is 0.272 e. The second kappa shape index (κ2) is 8.08. The minimum Gasteiger partial charge on any atom is -0.493 e. The number of carbonyl (C=O) groups is 2. The van der Waals surface area contributed by atoms with Gasteiger partial charge in [0, 0.05) is 28.1 Å². The van der Waals surface area contributed by atoms with E-state index in [0.29, 0.717) is 34.1 Å². The maximum absolute atomic E-state index is 13.3. The lowest BCUT2D eigenvalue weighted by Crippen LogP contribution is -2.56. The number of methoxy groups -OCH3 is 1. The average Bonchev–Trinajstić information content (AvgIpc) is 2.97. The Morgan fingerprint density at radius 3 is 2.45 bits per heavy atom. The molecule has 7 heteroatoms. The normalized spacial score (nSPS) is 14.5. The molecule has 0 aliphatic carbocycles. The number of ether oxygens (including phenoxy) is 2. The van der Waals surface area contributed by atoms with Gasteiger partial charge in [-0.1, -0.05) is 11.6 Å². The van der Waals surface area contributed by atoms with Crippen LogP contribution in [-0.2, 0) is 6.42 Å². The highest BCUT2D eigenvalue weighted by Crippen LogP contribution is 2.43. The van der Waals surface area contributed by atoms with Crippen LogP contribution in [0.3, 0.4) is 0 Å². The number of benzene rings is 2. The van der Waals surface area contributed by atoms with Crippen LogP contribution < -0.4 is 14.9 Å². The Morgan fingerprint density at radius 1 is 1.19 bits per heavy atom. The number of aryl methyl sites for hydroxylation is 1. The van der Waals surface area contributed by atoms with E-state index in [1.54, 1.807) is 37.4 Å². The van der Waals surface area contributed by atoms with Crippen LogP contribution in [0, 0.1) is 6.92 Å². The molecule has 1 heterocycles. The van der Waals surface area contributed by atoms with E-state index in [-0.39, 0.29) is 11.8 Å². The Kier molecular flexibility index (Phi) is 5.98. The summed E-state index contributed by atoms with van der Waals surface area (Å²) >= 11 is 6.15. The maximum atomic E-state index is 13.3. The molecule has 0 unspecified atom stereocenters. The lowest BCUT2D eigenvalue weighted by molar-refractivity contribution is 0.0358. The molecule has 31 heavy (non-hydrogen) atoms. The van der Waals surface area contributed by atoms with E-state index in [1.807, 2.05) is 41.5 Å². The Morgan fingerprint density at radius 2 is 1.87 bits per heavy atom. The number of hydrogen-bond acceptors (Lipinski definition) is 4. The molecule has 0 bridgehead atoms. The van der Waals surface area contributed by atoms with Crippen molar-refractivity contribution in [3.63, 3.8) is 0 Å². The third-order valence-corrected chi connectivity index (χ3v) is 5.26. The molecule has 0 atom stereocenters. The molecule has 3 rings (SSSR count). The summed E-state index contributed by atoms with van der Waals surface area (Å²) in [6.45, 7) is 11.3. The van der Waals surface area contributed by atoms with Crippen LogP contribution in [0.1, 0.15) is 66.5 Å². The van der Waals surface area contributed by atoms with Crippen LogP contribution >= 0.6 is 11.6 Å². The van der Waals surface area contributed by atoms with E-state index in [0.717, 1.165) is 11.1 Å². The summed E-state index contributed by atoms with van der Waals surface area (Å²) in [5.74, 6) is 0.421. The number of carbonyl (C=O) groups excluding carboxylic acids is 2. The molecule has 0 aromatic heterocycles. The summed E-state index contributed by atoms with van der Waals surface area (Å²) in [6.07, 6.45) is 0.555. The third-order valence-electron chi connectivity index (χ3n) is 5.05. The van der Waals surface area contributed by atoms with Gasteiger partial charge >= 0.3 is 0 Å². The molecule has 6 nitrogen and oxygen atoms in total. The summed E-state index contributed by atoms with van der Waals surface area (Å²) in [7, 11) is 1.57. The van der Waals surface area contributed by atoms with Crippen molar-refractivity contribution in [3.8, 4) is 11.5 Å². The highest BCUT2D eigenvalue weighted by molar-refractivity contribution is 6.31. The van der Waals surface area contributed by atoms with Gasteiger partial charge in [0.25, 0.3) is 11.8 Å². The predicted molar refractivity (Wildman–Crippen MR) is 121 cm³/mol. The van der Waals surface area contributed by atoms with Crippen LogP contribution in [-0.4, -0.2) is 35.1 Å². The number of hydrazine groups is 1. The fourth-order valence-corrected chi connectivity index (χ4v) is 3.97. The molecule has 0 saturated carbocycles. The van der Waals surface area contributed by atoms with Crippen LogP contribution in [0.5, 0.6) is 11.5 Å². The van der Waals surface area contributed by atoms with Crippen molar-refractivity contribution in [3.05, 3.63) is 57.6 Å². The molecule has 0 fully saturated rings. The lowest BCUT2D eigenvalue weighted by Gasteiger charge is -2.35. The van der Waals surface area contributed by atoms with Gasteiger partial charge in [0.1, 0.15) is 5.60 Å². The molecule has 0 saturated heterocycles. The highest BCUT2D eigenvalue weighted by Gasteiger charge is 2.37. The van der Waals surface area contributed by atoms with Crippen molar-refractivity contribution in [1.29, 1.82) is 0 Å². The Balaban J connectivity index is 1.96. The minimum absolute atomic E-state index is 0.340. The van der Waals surface area contributed by atoms with Gasteiger partial charge in [0.2, 0.25) is 0 Å². The summed E-state index contributed by atoms with van der Waals surface area (Å²) in [6, 6.07) is 8.54. The standard InChI is InChI=1S/C24H29ClN2O4/c1-14-10-15(12-16(25)11-14)22(29)27(23(2,3)4)26-21(28)17-8-9-19(30-7)20-18(17)13-24(5,6)31-20/h8-12H,13H2,1-7H3,(H,26,28). The Labute approximate surface area is 188 Å². The Bertz CT molecular complexity index is 1020. The average molecular weight is 445 g/mol. The number of rotatable bonds is 3. The third kappa shape index (κ3) is 4.79. The molecule has 1 aliphatic rings. The topological polar surface area (TPSA) is 67.9 Å². The van der Waals surface area contributed by atoms with Crippen LogP contribution in [0.2, 0.25) is 5.02 Å². The number of halogens is 1. The molecule has 166 valence electrons. The zero-order valence-corrected chi connectivity index (χ0v) is 19.8. The first-order valence-electron chi connectivity index (χ1n) is 10.1. The first-order valence-corrected chi connectivity index (χ1v) is 10.5. The number of nitrogens with one attached hydrogen (secondary N) is 1. The van der Waals surface area contributed by atoms with E-state index in [4.69, 9.17) is 21.1 Å². The van der Waals surface area contributed by atoms with Gasteiger partial charge in [-0.3, -0.25) is 15.0 Å². The molecule has 0 spiro atoms. The van der Waals surface area contributed by atoms with Gasteiger partial charge < -0.3 is 9.47 Å². The zero-order chi connectivity index (χ0) is 23.1. The van der Waals surface area contributed by atoms with E-state index in [1.165, 1.54) is 5.01 Å². The van der Waals surface area contributed by atoms with Gasteiger partial charge in [0.15, 0.2) is 11.5 Å². The van der Waals surface area contributed by atoms with Crippen LogP contribution in [0.4, 0.5) is 0 Å². The first-order chi connectivity index (χ1) is 14.3. The van der Waals surface area contributed by atoms with Gasteiger partial charge in [-0.05, 0) is 77.4 Å². The summed E-state index contributed by atoms with van der Waals surface area (Å²) in [5.41, 5.74) is 4.17. The van der Waals surface area contributed by atoms with Crippen molar-refractivity contribution in [2.45, 2.75) is 59.1 Å². The van der Waals surface area contributed by atoms with Gasteiger partial charge in [-0.2, -0.15) is 0 Å². The van der Waals surface area contributed by atoms with E-state index in [9.17, 15) is 9.59 Å². The molecule has 2 amide bonds. The Hall–Kier alpha value is -2.73. The monoisotopic (exact) mass is 444 g/mol. The van der Waals surface area contributed by atoms with Crippen LogP contribution in [0.15, 0.2) is 30.3 Å². The lowest BCUT2D eigenvalue weighted by atomic mass is 9.96. The molecule has 0 radical (unpaired) electrons. The first kappa shape index (κ1) is 22.9. The van der Waals surface area contributed by atoms with Crippen molar-refractivity contribution < 1.29 is 19.1 Å². The number of amides is 2. The minimum atomic E-state index is -0.672. The smallest absolute Gasteiger partial charge is 0.272 e. The summed E-state index contributed by atoms with van der Waals surface area (Å²) in [5, 5.41) is 1.81. The quantitative estimate of drug-likeness (QED) is 0.679. The van der Waals surface area contributed by atoms with E-state index >= 15 is 0 Å². The molecule has 2 aromatic carbocycles. The fourth-order valence-electron chi connectivity index (χ4n) is 3.68. The van der Waals surface area contributed by atoms with Crippen molar-refractivity contribution in [2.75, 3.05) is 7.11 Å². The van der Waals surface area contributed by atoms with Crippen molar-refractivity contribution in [2.24, 2.45) is 0 Å². The van der Waals surface area contributed by atoms with Gasteiger partial charge in [-0.15, -0.1) is 0 Å². The molecule has 1 N–H and O–H groups in total. The second-order valence-corrected chi connectivity index (χ2v) is 9.87. The van der Waals surface area contributed by atoms with Gasteiger partial charge in [-0.25, -0.2) is 5.01 Å². The number of nitrogens with zero attached hydrogens (tertiary/aromatic N) is 1. The number of hydrogen-bond donors (Lipinski definition) is 1. The molecular formula is C24H29ClN2O4. The SMILES string of the molecule is COc1ccc(C(=O)NN(C(=O)c2cc(C)cc(Cl)c2)C(C)(C)C)c2c1OC(C)(C)C2. The second-order valence-electron chi connectivity index (χ2n) is 9.43. The summed E-state index contributed by atoms with van der Waals surface area (Å²) in [4.78, 5) is 26.6. The van der Waals surface area contributed by atoms with Gasteiger partial charge in [0.05, 0.1) is 12.6 Å². The molecule has 2 aromatic rings. The predicted octanol–water partition coefficient (Wildman–Crippen LogP) is 4.96. The molecular weight excluding hydrogens is 416 g/mol. The highest BCUT2D eigenvalue weighted by atomic mass is 35.5. The van der Waals surface area contributed by atoms with E-state index < -0.39 is 11.1 Å². The fraction of sp³-hybridized carbons (Fsp3) is 0.417.